The third-order valence-electron chi connectivity index (χ3n) is 4.77. The van der Waals surface area contributed by atoms with Crippen LogP contribution in [0.1, 0.15) is 59.3 Å². The zero-order chi connectivity index (χ0) is 17.1. The van der Waals surface area contributed by atoms with E-state index in [1.54, 1.807) is 0 Å². The monoisotopic (exact) mass is 328 g/mol. The van der Waals surface area contributed by atoms with Crippen LogP contribution in [0.3, 0.4) is 0 Å². The highest BCUT2D eigenvalue weighted by Gasteiger charge is 2.33. The molecule has 1 fully saturated rings. The van der Waals surface area contributed by atoms with Gasteiger partial charge in [0, 0.05) is 32.4 Å². The van der Waals surface area contributed by atoms with Crippen LogP contribution in [-0.2, 0) is 14.3 Å². The zero-order valence-electron chi connectivity index (χ0n) is 15.5. The maximum atomic E-state index is 11.9. The van der Waals surface area contributed by atoms with E-state index in [2.05, 4.69) is 31.4 Å². The number of ether oxygens (including phenoxy) is 2. The second-order valence-corrected chi connectivity index (χ2v) is 7.05. The Labute approximate surface area is 141 Å². The second kappa shape index (κ2) is 11.0. The number of carbonyl (C=O) groups is 1. The van der Waals surface area contributed by atoms with Crippen molar-refractivity contribution < 1.29 is 14.3 Å². The largest absolute Gasteiger partial charge is 0.354 e. The summed E-state index contributed by atoms with van der Waals surface area (Å²) in [4.78, 5) is 11.9. The molecule has 0 aromatic heterocycles. The van der Waals surface area contributed by atoms with E-state index in [-0.39, 0.29) is 5.91 Å². The molecule has 1 aliphatic carbocycles. The third-order valence-corrected chi connectivity index (χ3v) is 4.77. The van der Waals surface area contributed by atoms with Gasteiger partial charge in [0.1, 0.15) is 0 Å². The van der Waals surface area contributed by atoms with Gasteiger partial charge in [-0.1, -0.05) is 27.2 Å². The Morgan fingerprint density at radius 3 is 2.22 bits per heavy atom. The highest BCUT2D eigenvalue weighted by Crippen LogP contribution is 2.32. The minimum Gasteiger partial charge on any atom is -0.354 e. The lowest BCUT2D eigenvalue weighted by atomic mass is 9.94. The van der Waals surface area contributed by atoms with Crippen molar-refractivity contribution in [3.05, 3.63) is 0 Å². The summed E-state index contributed by atoms with van der Waals surface area (Å²) in [5, 5.41) is 6.06. The lowest BCUT2D eigenvalue weighted by molar-refractivity contribution is -0.250. The molecule has 1 rings (SSSR count). The summed E-state index contributed by atoms with van der Waals surface area (Å²) >= 11 is 0. The molecule has 0 heterocycles. The number of hydrogen-bond acceptors (Lipinski definition) is 4. The maximum Gasteiger partial charge on any atom is 0.220 e. The Morgan fingerprint density at radius 2 is 1.65 bits per heavy atom. The Morgan fingerprint density at radius 1 is 1.04 bits per heavy atom. The first-order valence-electron chi connectivity index (χ1n) is 9.18. The van der Waals surface area contributed by atoms with E-state index in [0.29, 0.717) is 38.0 Å². The number of carbonyl (C=O) groups excluding carboxylic acids is 1. The molecule has 5 heteroatoms. The normalized spacial score (nSPS) is 18.8. The molecule has 1 unspecified atom stereocenters. The molecule has 0 radical (unpaired) electrons. The first-order valence-corrected chi connectivity index (χ1v) is 9.18. The Kier molecular flexibility index (Phi) is 9.75. The summed E-state index contributed by atoms with van der Waals surface area (Å²) in [6.45, 7) is 8.98. The molecule has 1 aliphatic rings. The summed E-state index contributed by atoms with van der Waals surface area (Å²) in [7, 11) is 1.92. The molecule has 0 aliphatic heterocycles. The highest BCUT2D eigenvalue weighted by molar-refractivity contribution is 5.76. The van der Waals surface area contributed by atoms with E-state index in [0.717, 1.165) is 32.2 Å². The minimum atomic E-state index is -0.439. The van der Waals surface area contributed by atoms with Crippen LogP contribution in [0.2, 0.25) is 0 Å². The minimum absolute atomic E-state index is 0.114. The average molecular weight is 328 g/mol. The molecule has 2 N–H and O–H groups in total. The van der Waals surface area contributed by atoms with Crippen molar-refractivity contribution in [2.45, 2.75) is 65.1 Å². The number of rotatable bonds is 11. The van der Waals surface area contributed by atoms with Crippen LogP contribution < -0.4 is 10.6 Å². The van der Waals surface area contributed by atoms with E-state index in [4.69, 9.17) is 9.47 Å². The summed E-state index contributed by atoms with van der Waals surface area (Å²) in [6.07, 6.45) is 6.05. The molecule has 0 spiro atoms. The van der Waals surface area contributed by atoms with E-state index in [1.807, 2.05) is 7.05 Å². The van der Waals surface area contributed by atoms with Crippen LogP contribution in [0.5, 0.6) is 0 Å². The molecule has 1 amide bonds. The fourth-order valence-corrected chi connectivity index (χ4v) is 2.79. The quantitative estimate of drug-likeness (QED) is 0.452. The van der Waals surface area contributed by atoms with Gasteiger partial charge in [-0.2, -0.15) is 0 Å². The van der Waals surface area contributed by atoms with Crippen molar-refractivity contribution >= 4 is 5.91 Å². The van der Waals surface area contributed by atoms with Gasteiger partial charge in [-0.3, -0.25) is 4.79 Å². The number of nitrogens with one attached hydrogen (secondary N) is 2. The summed E-state index contributed by atoms with van der Waals surface area (Å²) < 4.78 is 12.1. The van der Waals surface area contributed by atoms with Crippen molar-refractivity contribution in [1.29, 1.82) is 0 Å². The fraction of sp³-hybridized carbons (Fsp3) is 0.944. The smallest absolute Gasteiger partial charge is 0.220 e. The molecular weight excluding hydrogens is 292 g/mol. The van der Waals surface area contributed by atoms with Crippen molar-refractivity contribution in [2.75, 3.05) is 33.4 Å². The summed E-state index contributed by atoms with van der Waals surface area (Å²) in [5.41, 5.74) is 0. The van der Waals surface area contributed by atoms with Crippen LogP contribution in [0.25, 0.3) is 0 Å². The van der Waals surface area contributed by atoms with Gasteiger partial charge in [-0.05, 0) is 31.7 Å². The maximum absolute atomic E-state index is 11.9. The molecule has 0 bridgehead atoms. The molecule has 0 aromatic carbocycles. The van der Waals surface area contributed by atoms with Gasteiger partial charge in [0.15, 0.2) is 5.79 Å². The molecule has 1 atom stereocenters. The second-order valence-electron chi connectivity index (χ2n) is 7.05. The van der Waals surface area contributed by atoms with Crippen molar-refractivity contribution in [1.82, 2.24) is 10.6 Å². The van der Waals surface area contributed by atoms with Gasteiger partial charge in [0.2, 0.25) is 5.91 Å². The molecule has 0 saturated heterocycles. The standard InChI is InChI=1S/C18H36N2O3/c1-15(2)16(3)14-17(21)20-11-13-23-18(22-12-10-19-4)8-6-5-7-9-18/h15-16,19H,5-14H2,1-4H3,(H,20,21). The van der Waals surface area contributed by atoms with Crippen LogP contribution in [0, 0.1) is 11.8 Å². The molecule has 23 heavy (non-hydrogen) atoms. The van der Waals surface area contributed by atoms with Crippen molar-refractivity contribution in [3.8, 4) is 0 Å². The Hall–Kier alpha value is -0.650. The first-order chi connectivity index (χ1) is 11.0. The average Bonchev–Trinajstić information content (AvgIpc) is 2.53. The number of likely N-dealkylation sites (N-methyl/N-ethyl adjacent to an activating group) is 1. The summed E-state index contributed by atoms with van der Waals surface area (Å²) in [5.74, 6) is 0.613. The topological polar surface area (TPSA) is 59.6 Å². The van der Waals surface area contributed by atoms with Crippen LogP contribution in [0.4, 0.5) is 0 Å². The lowest BCUT2D eigenvalue weighted by Gasteiger charge is -2.37. The van der Waals surface area contributed by atoms with Crippen molar-refractivity contribution in [3.63, 3.8) is 0 Å². The molecule has 1 saturated carbocycles. The third kappa shape index (κ3) is 8.13. The van der Waals surface area contributed by atoms with E-state index >= 15 is 0 Å². The van der Waals surface area contributed by atoms with Gasteiger partial charge < -0.3 is 20.1 Å². The van der Waals surface area contributed by atoms with Gasteiger partial charge >= 0.3 is 0 Å². The van der Waals surface area contributed by atoms with Crippen LogP contribution >= 0.6 is 0 Å². The van der Waals surface area contributed by atoms with Crippen LogP contribution in [-0.4, -0.2) is 45.0 Å². The molecule has 136 valence electrons. The van der Waals surface area contributed by atoms with E-state index < -0.39 is 5.79 Å². The van der Waals surface area contributed by atoms with E-state index in [1.165, 1.54) is 6.42 Å². The van der Waals surface area contributed by atoms with Crippen LogP contribution in [0.15, 0.2) is 0 Å². The predicted octanol–water partition coefficient (Wildman–Crippen LogP) is 2.70. The number of amides is 1. The lowest BCUT2D eigenvalue weighted by Crippen LogP contribution is -2.42. The summed E-state index contributed by atoms with van der Waals surface area (Å²) in [6, 6.07) is 0. The zero-order valence-corrected chi connectivity index (χ0v) is 15.5. The fourth-order valence-electron chi connectivity index (χ4n) is 2.79. The van der Waals surface area contributed by atoms with Gasteiger partial charge in [-0.25, -0.2) is 0 Å². The number of hydrogen-bond donors (Lipinski definition) is 2. The molecular formula is C18H36N2O3. The highest BCUT2D eigenvalue weighted by atomic mass is 16.7. The van der Waals surface area contributed by atoms with Crippen molar-refractivity contribution in [2.24, 2.45) is 11.8 Å². The Balaban J connectivity index is 2.27. The van der Waals surface area contributed by atoms with Gasteiger partial charge in [0.25, 0.3) is 0 Å². The first kappa shape index (κ1) is 20.4. The SMILES string of the molecule is CNCCOC1(OCCNC(=O)CC(C)C(C)C)CCCCC1. The molecule has 0 aromatic rings. The van der Waals surface area contributed by atoms with E-state index in [9.17, 15) is 4.79 Å². The van der Waals surface area contributed by atoms with Gasteiger partial charge in [0.05, 0.1) is 13.2 Å². The Bertz CT molecular complexity index is 328. The predicted molar refractivity (Wildman–Crippen MR) is 93.3 cm³/mol. The molecule has 5 nitrogen and oxygen atoms in total. The van der Waals surface area contributed by atoms with Gasteiger partial charge in [-0.15, -0.1) is 0 Å².